The minimum Gasteiger partial charge on any atom is -0.332 e. The lowest BCUT2D eigenvalue weighted by Crippen LogP contribution is -2.43. The zero-order valence-electron chi connectivity index (χ0n) is 16.5. The highest BCUT2D eigenvalue weighted by Crippen LogP contribution is 2.26. The molecule has 4 rings (SSSR count). The van der Waals surface area contributed by atoms with Crippen molar-refractivity contribution in [1.29, 1.82) is 0 Å². The summed E-state index contributed by atoms with van der Waals surface area (Å²) in [5.74, 6) is 0.303. The fourth-order valence-corrected chi connectivity index (χ4v) is 4.59. The number of piperidine rings is 1. The number of benzene rings is 2. The van der Waals surface area contributed by atoms with Gasteiger partial charge >= 0.3 is 6.03 Å². The van der Waals surface area contributed by atoms with Crippen LogP contribution in [0.2, 0.25) is 5.02 Å². The van der Waals surface area contributed by atoms with E-state index in [0.29, 0.717) is 17.5 Å². The van der Waals surface area contributed by atoms with E-state index < -0.39 is 0 Å². The van der Waals surface area contributed by atoms with Gasteiger partial charge in [-0.15, -0.1) is 0 Å². The molecule has 1 unspecified atom stereocenters. The second kappa shape index (κ2) is 9.14. The van der Waals surface area contributed by atoms with E-state index in [1.54, 1.807) is 12.1 Å². The number of hydrogen-bond donors (Lipinski definition) is 1. The van der Waals surface area contributed by atoms with Gasteiger partial charge in [-0.1, -0.05) is 41.9 Å². The van der Waals surface area contributed by atoms with E-state index in [4.69, 9.17) is 11.6 Å². The second-order valence-electron chi connectivity index (χ2n) is 8.20. The number of carbonyl (C=O) groups is 1. The maximum atomic E-state index is 13.5. The predicted octanol–water partition coefficient (Wildman–Crippen LogP) is 4.33. The minimum absolute atomic E-state index is 0.0227. The van der Waals surface area contributed by atoms with Crippen LogP contribution in [0.3, 0.4) is 0 Å². The highest BCUT2D eigenvalue weighted by atomic mass is 35.5. The van der Waals surface area contributed by atoms with Crippen LogP contribution in [0.25, 0.3) is 0 Å². The fourth-order valence-electron chi connectivity index (χ4n) is 4.40. The summed E-state index contributed by atoms with van der Waals surface area (Å²) >= 11 is 6.22. The number of amides is 2. The fraction of sp³-hybridized carbons (Fsp3) is 0.435. The summed E-state index contributed by atoms with van der Waals surface area (Å²) in [5.41, 5.74) is 2.06. The third kappa shape index (κ3) is 5.28. The third-order valence-corrected chi connectivity index (χ3v) is 6.34. The number of urea groups is 1. The van der Waals surface area contributed by atoms with Crippen molar-refractivity contribution in [2.24, 2.45) is 5.92 Å². The summed E-state index contributed by atoms with van der Waals surface area (Å²) in [4.78, 5) is 16.6. The van der Waals surface area contributed by atoms with Crippen molar-refractivity contribution >= 4 is 17.6 Å². The first-order valence-electron chi connectivity index (χ1n) is 10.3. The van der Waals surface area contributed by atoms with Gasteiger partial charge in [0.05, 0.1) is 6.04 Å². The average Bonchev–Trinajstić information content (AvgIpc) is 3.06. The second-order valence-corrected chi connectivity index (χ2v) is 8.60. The van der Waals surface area contributed by atoms with E-state index >= 15 is 0 Å². The summed E-state index contributed by atoms with van der Waals surface area (Å²) in [6.45, 7) is 4.28. The number of nitrogens with zero attached hydrogens (tertiary/aromatic N) is 2. The highest BCUT2D eigenvalue weighted by molar-refractivity contribution is 6.31. The van der Waals surface area contributed by atoms with Gasteiger partial charge in [-0.3, -0.25) is 0 Å². The number of rotatable bonds is 6. The molecular weight excluding hydrogens is 389 g/mol. The van der Waals surface area contributed by atoms with Crippen LogP contribution in [0.5, 0.6) is 0 Å². The number of hydrogen-bond acceptors (Lipinski definition) is 2. The van der Waals surface area contributed by atoms with Crippen molar-refractivity contribution in [1.82, 2.24) is 15.1 Å². The Morgan fingerprint density at radius 1 is 1.10 bits per heavy atom. The van der Waals surface area contributed by atoms with Crippen LogP contribution in [-0.4, -0.2) is 48.1 Å². The predicted molar refractivity (Wildman–Crippen MR) is 113 cm³/mol. The topological polar surface area (TPSA) is 35.6 Å². The van der Waals surface area contributed by atoms with Crippen LogP contribution >= 0.6 is 11.6 Å². The lowest BCUT2D eigenvalue weighted by atomic mass is 9.90. The van der Waals surface area contributed by atoms with E-state index in [0.717, 1.165) is 56.6 Å². The molecule has 1 N–H and O–H groups in total. The standard InChI is InChI=1S/C23H27ClFN3O/c24-22-7-6-20(25)13-19(22)12-17-8-10-27(11-9-17)15-21-16-28(23(29)26-21)14-18-4-2-1-3-5-18/h1-7,13,17,21H,8-12,14-16H2,(H,26,29). The Balaban J connectivity index is 1.24. The Bertz CT molecular complexity index is 839. The van der Waals surface area contributed by atoms with Crippen molar-refractivity contribution in [3.8, 4) is 0 Å². The summed E-state index contributed by atoms with van der Waals surface area (Å²) < 4.78 is 13.5. The quantitative estimate of drug-likeness (QED) is 0.762. The van der Waals surface area contributed by atoms with Crippen LogP contribution in [0, 0.1) is 11.7 Å². The number of halogens is 2. The molecule has 29 heavy (non-hydrogen) atoms. The number of likely N-dealkylation sites (tertiary alicyclic amines) is 1. The molecule has 2 saturated heterocycles. The molecule has 2 aliphatic rings. The van der Waals surface area contributed by atoms with Gasteiger partial charge in [-0.25, -0.2) is 9.18 Å². The van der Waals surface area contributed by atoms with Crippen LogP contribution < -0.4 is 5.32 Å². The first-order valence-corrected chi connectivity index (χ1v) is 10.7. The Labute approximate surface area is 176 Å². The molecule has 2 heterocycles. The molecule has 1 atom stereocenters. The lowest BCUT2D eigenvalue weighted by Gasteiger charge is -2.33. The zero-order valence-corrected chi connectivity index (χ0v) is 17.2. The molecule has 2 amide bonds. The maximum absolute atomic E-state index is 13.5. The first kappa shape index (κ1) is 20.2. The molecule has 0 radical (unpaired) electrons. The van der Waals surface area contributed by atoms with E-state index in [1.165, 1.54) is 6.07 Å². The van der Waals surface area contributed by atoms with Crippen molar-refractivity contribution in [2.75, 3.05) is 26.2 Å². The lowest BCUT2D eigenvalue weighted by molar-refractivity contribution is 0.171. The Morgan fingerprint density at radius 2 is 1.86 bits per heavy atom. The number of nitrogens with one attached hydrogen (secondary N) is 1. The number of carbonyl (C=O) groups excluding carboxylic acids is 1. The normalized spacial score (nSPS) is 20.8. The SMILES string of the molecule is O=C1NC(CN2CCC(Cc3cc(F)ccc3Cl)CC2)CN1Cc1ccccc1. The Hall–Kier alpha value is -2.11. The molecule has 2 aromatic rings. The Morgan fingerprint density at radius 3 is 2.62 bits per heavy atom. The van der Waals surface area contributed by atoms with Crippen molar-refractivity contribution in [2.45, 2.75) is 31.8 Å². The molecule has 2 aromatic carbocycles. The molecule has 6 heteroatoms. The largest absolute Gasteiger partial charge is 0.332 e. The molecule has 2 aliphatic heterocycles. The van der Waals surface area contributed by atoms with Gasteiger partial charge in [0, 0.05) is 24.7 Å². The van der Waals surface area contributed by atoms with E-state index in [-0.39, 0.29) is 17.9 Å². The molecule has 0 aliphatic carbocycles. The summed E-state index contributed by atoms with van der Waals surface area (Å²) in [6, 6.07) is 14.9. The monoisotopic (exact) mass is 415 g/mol. The molecule has 0 saturated carbocycles. The van der Waals surface area contributed by atoms with Gasteiger partial charge in [0.25, 0.3) is 0 Å². The first-order chi connectivity index (χ1) is 14.1. The van der Waals surface area contributed by atoms with Crippen molar-refractivity contribution in [3.63, 3.8) is 0 Å². The van der Waals surface area contributed by atoms with Gasteiger partial charge in [0.1, 0.15) is 5.82 Å². The van der Waals surface area contributed by atoms with Gasteiger partial charge in [-0.05, 0) is 67.6 Å². The van der Waals surface area contributed by atoms with Crippen LogP contribution in [0.4, 0.5) is 9.18 Å². The summed E-state index contributed by atoms with van der Waals surface area (Å²) in [6.07, 6.45) is 2.97. The molecule has 0 spiro atoms. The van der Waals surface area contributed by atoms with Crippen molar-refractivity contribution < 1.29 is 9.18 Å². The minimum atomic E-state index is -0.223. The van der Waals surface area contributed by atoms with Crippen LogP contribution in [0.1, 0.15) is 24.0 Å². The van der Waals surface area contributed by atoms with Gasteiger partial charge in [-0.2, -0.15) is 0 Å². The van der Waals surface area contributed by atoms with Crippen LogP contribution in [0.15, 0.2) is 48.5 Å². The van der Waals surface area contributed by atoms with Gasteiger partial charge in [0.2, 0.25) is 0 Å². The highest BCUT2D eigenvalue weighted by Gasteiger charge is 2.31. The van der Waals surface area contributed by atoms with Gasteiger partial charge in [0.15, 0.2) is 0 Å². The zero-order chi connectivity index (χ0) is 20.2. The van der Waals surface area contributed by atoms with E-state index in [9.17, 15) is 9.18 Å². The molecule has 0 aromatic heterocycles. The summed E-state index contributed by atoms with van der Waals surface area (Å²) in [7, 11) is 0. The molecule has 2 fully saturated rings. The Kier molecular flexibility index (Phi) is 6.36. The molecular formula is C23H27ClFN3O. The average molecular weight is 416 g/mol. The molecule has 0 bridgehead atoms. The maximum Gasteiger partial charge on any atom is 0.318 e. The summed E-state index contributed by atoms with van der Waals surface area (Å²) in [5, 5.41) is 3.78. The smallest absolute Gasteiger partial charge is 0.318 e. The molecule has 4 nitrogen and oxygen atoms in total. The van der Waals surface area contributed by atoms with Crippen molar-refractivity contribution in [3.05, 3.63) is 70.5 Å². The third-order valence-electron chi connectivity index (χ3n) is 5.97. The van der Waals surface area contributed by atoms with E-state index in [1.807, 2.05) is 23.1 Å². The van der Waals surface area contributed by atoms with E-state index in [2.05, 4.69) is 22.3 Å². The molecule has 154 valence electrons. The van der Waals surface area contributed by atoms with Crippen LogP contribution in [-0.2, 0) is 13.0 Å². The van der Waals surface area contributed by atoms with Gasteiger partial charge < -0.3 is 15.1 Å².